The van der Waals surface area contributed by atoms with E-state index in [4.69, 9.17) is 0 Å². The average molecular weight is 360 g/mol. The Hall–Kier alpha value is -3.67. The standard InChI is InChI=1S/C21H20N4O2/c1-15(26)23-16-7-6-8-17(13-16)24-21(27)20-14-19(11-12-22-20)25(2)18-9-4-3-5-10-18/h3-14H,1-2H3,(H,23,26)(H,24,27). The third kappa shape index (κ3) is 4.70. The minimum Gasteiger partial charge on any atom is -0.345 e. The summed E-state index contributed by atoms with van der Waals surface area (Å²) in [5.41, 5.74) is 3.37. The zero-order valence-corrected chi connectivity index (χ0v) is 15.1. The van der Waals surface area contributed by atoms with Gasteiger partial charge in [0, 0.05) is 42.9 Å². The Bertz CT molecular complexity index is 957. The van der Waals surface area contributed by atoms with Crippen LogP contribution in [0, 0.1) is 0 Å². The van der Waals surface area contributed by atoms with Gasteiger partial charge in [-0.25, -0.2) is 0 Å². The van der Waals surface area contributed by atoms with Crippen molar-refractivity contribution < 1.29 is 9.59 Å². The SMILES string of the molecule is CC(=O)Nc1cccc(NC(=O)c2cc(N(C)c3ccccc3)ccn2)c1. The highest BCUT2D eigenvalue weighted by Crippen LogP contribution is 2.23. The van der Waals surface area contributed by atoms with E-state index in [-0.39, 0.29) is 11.8 Å². The van der Waals surface area contributed by atoms with E-state index in [2.05, 4.69) is 15.6 Å². The second kappa shape index (κ2) is 8.14. The topological polar surface area (TPSA) is 74.3 Å². The largest absolute Gasteiger partial charge is 0.345 e. The van der Waals surface area contributed by atoms with Crippen LogP contribution >= 0.6 is 0 Å². The number of anilines is 4. The number of aromatic nitrogens is 1. The van der Waals surface area contributed by atoms with Crippen LogP contribution in [0.4, 0.5) is 22.7 Å². The van der Waals surface area contributed by atoms with Crippen LogP contribution in [0.5, 0.6) is 0 Å². The number of amides is 2. The highest BCUT2D eigenvalue weighted by Gasteiger charge is 2.11. The molecule has 136 valence electrons. The Morgan fingerprint density at radius 3 is 2.26 bits per heavy atom. The van der Waals surface area contributed by atoms with E-state index >= 15 is 0 Å². The van der Waals surface area contributed by atoms with Crippen LogP contribution in [0.15, 0.2) is 72.9 Å². The summed E-state index contributed by atoms with van der Waals surface area (Å²) in [5, 5.41) is 5.49. The van der Waals surface area contributed by atoms with Gasteiger partial charge in [-0.15, -0.1) is 0 Å². The maximum absolute atomic E-state index is 12.6. The monoisotopic (exact) mass is 360 g/mol. The zero-order valence-electron chi connectivity index (χ0n) is 15.1. The molecule has 27 heavy (non-hydrogen) atoms. The molecule has 0 aliphatic heterocycles. The number of carbonyl (C=O) groups excluding carboxylic acids is 2. The van der Waals surface area contributed by atoms with Crippen LogP contribution in [0.25, 0.3) is 0 Å². The zero-order chi connectivity index (χ0) is 19.2. The molecule has 0 aliphatic carbocycles. The van der Waals surface area contributed by atoms with Crippen molar-refractivity contribution in [1.29, 1.82) is 0 Å². The molecule has 0 atom stereocenters. The fourth-order valence-electron chi connectivity index (χ4n) is 2.63. The number of nitrogens with zero attached hydrogens (tertiary/aromatic N) is 2. The number of rotatable bonds is 5. The summed E-state index contributed by atoms with van der Waals surface area (Å²) < 4.78 is 0. The van der Waals surface area contributed by atoms with E-state index in [1.165, 1.54) is 6.92 Å². The summed E-state index contributed by atoms with van der Waals surface area (Å²) in [5.74, 6) is -0.491. The van der Waals surface area contributed by atoms with E-state index in [0.29, 0.717) is 17.1 Å². The van der Waals surface area contributed by atoms with Gasteiger partial charge in [-0.3, -0.25) is 14.6 Å². The molecule has 2 amide bonds. The number of hydrogen-bond donors (Lipinski definition) is 2. The van der Waals surface area contributed by atoms with Crippen molar-refractivity contribution in [1.82, 2.24) is 4.98 Å². The molecule has 3 rings (SSSR count). The molecule has 1 heterocycles. The molecular formula is C21H20N4O2. The average Bonchev–Trinajstić information content (AvgIpc) is 2.68. The van der Waals surface area contributed by atoms with Crippen molar-refractivity contribution in [2.24, 2.45) is 0 Å². The van der Waals surface area contributed by atoms with E-state index in [0.717, 1.165) is 11.4 Å². The van der Waals surface area contributed by atoms with Gasteiger partial charge in [0.25, 0.3) is 5.91 Å². The smallest absolute Gasteiger partial charge is 0.274 e. The lowest BCUT2D eigenvalue weighted by Crippen LogP contribution is -2.16. The van der Waals surface area contributed by atoms with E-state index in [1.54, 1.807) is 36.5 Å². The third-order valence-electron chi connectivity index (χ3n) is 3.95. The van der Waals surface area contributed by atoms with Gasteiger partial charge in [0.15, 0.2) is 0 Å². The summed E-state index contributed by atoms with van der Waals surface area (Å²) in [6.45, 7) is 1.43. The van der Waals surface area contributed by atoms with Crippen LogP contribution in [0.3, 0.4) is 0 Å². The highest BCUT2D eigenvalue weighted by molar-refractivity contribution is 6.04. The normalized spacial score (nSPS) is 10.1. The Labute approximate surface area is 157 Å². The Balaban J connectivity index is 1.77. The second-order valence-corrected chi connectivity index (χ2v) is 6.01. The van der Waals surface area contributed by atoms with Crippen molar-refractivity contribution >= 4 is 34.6 Å². The summed E-state index contributed by atoms with van der Waals surface area (Å²) in [6, 6.07) is 20.4. The number of pyridine rings is 1. The fourth-order valence-corrected chi connectivity index (χ4v) is 2.63. The summed E-state index contributed by atoms with van der Waals surface area (Å²) in [4.78, 5) is 29.9. The molecule has 0 spiro atoms. The number of para-hydroxylation sites is 1. The molecule has 0 unspecified atom stereocenters. The number of hydrogen-bond acceptors (Lipinski definition) is 4. The summed E-state index contributed by atoms with van der Waals surface area (Å²) in [7, 11) is 1.93. The molecule has 3 aromatic rings. The molecule has 0 fully saturated rings. The molecule has 6 nitrogen and oxygen atoms in total. The first-order valence-corrected chi connectivity index (χ1v) is 8.47. The molecular weight excluding hydrogens is 340 g/mol. The predicted octanol–water partition coefficient (Wildman–Crippen LogP) is 4.06. The van der Waals surface area contributed by atoms with Gasteiger partial charge in [-0.2, -0.15) is 0 Å². The van der Waals surface area contributed by atoms with Crippen LogP contribution in [0.2, 0.25) is 0 Å². The van der Waals surface area contributed by atoms with Gasteiger partial charge in [-0.05, 0) is 42.5 Å². The fraction of sp³-hybridized carbons (Fsp3) is 0.0952. The predicted molar refractivity (Wildman–Crippen MR) is 107 cm³/mol. The minimum atomic E-state index is -0.321. The number of benzene rings is 2. The number of nitrogens with one attached hydrogen (secondary N) is 2. The van der Waals surface area contributed by atoms with Crippen molar-refractivity contribution in [3.63, 3.8) is 0 Å². The number of carbonyl (C=O) groups is 2. The molecule has 1 aromatic heterocycles. The maximum Gasteiger partial charge on any atom is 0.274 e. The van der Waals surface area contributed by atoms with Crippen molar-refractivity contribution in [2.45, 2.75) is 6.92 Å². The Morgan fingerprint density at radius 1 is 0.852 bits per heavy atom. The van der Waals surface area contributed by atoms with Gasteiger partial charge in [0.1, 0.15) is 5.69 Å². The third-order valence-corrected chi connectivity index (χ3v) is 3.95. The first-order chi connectivity index (χ1) is 13.0. The van der Waals surface area contributed by atoms with E-state index < -0.39 is 0 Å². The van der Waals surface area contributed by atoms with Gasteiger partial charge < -0.3 is 15.5 Å². The van der Waals surface area contributed by atoms with Crippen LogP contribution in [0.1, 0.15) is 17.4 Å². The summed E-state index contributed by atoms with van der Waals surface area (Å²) >= 11 is 0. The molecule has 2 N–H and O–H groups in total. The Kier molecular flexibility index (Phi) is 5.47. The molecule has 6 heteroatoms. The van der Waals surface area contributed by atoms with Crippen LogP contribution in [-0.2, 0) is 4.79 Å². The van der Waals surface area contributed by atoms with Gasteiger partial charge in [0.2, 0.25) is 5.91 Å². The minimum absolute atomic E-state index is 0.170. The van der Waals surface area contributed by atoms with Crippen LogP contribution < -0.4 is 15.5 Å². The lowest BCUT2D eigenvalue weighted by atomic mass is 10.2. The quantitative estimate of drug-likeness (QED) is 0.719. The van der Waals surface area contributed by atoms with Crippen molar-refractivity contribution in [3.05, 3.63) is 78.6 Å². The van der Waals surface area contributed by atoms with Crippen molar-refractivity contribution in [2.75, 3.05) is 22.6 Å². The molecule has 0 aliphatic rings. The maximum atomic E-state index is 12.6. The van der Waals surface area contributed by atoms with Gasteiger partial charge in [-0.1, -0.05) is 24.3 Å². The van der Waals surface area contributed by atoms with Gasteiger partial charge >= 0.3 is 0 Å². The van der Waals surface area contributed by atoms with E-state index in [1.807, 2.05) is 48.3 Å². The molecule has 2 aromatic carbocycles. The Morgan fingerprint density at radius 2 is 1.56 bits per heavy atom. The highest BCUT2D eigenvalue weighted by atomic mass is 16.2. The molecule has 0 saturated carbocycles. The first kappa shape index (κ1) is 18.1. The second-order valence-electron chi connectivity index (χ2n) is 6.01. The molecule has 0 bridgehead atoms. The first-order valence-electron chi connectivity index (χ1n) is 8.47. The van der Waals surface area contributed by atoms with E-state index in [9.17, 15) is 9.59 Å². The van der Waals surface area contributed by atoms with Crippen LogP contribution in [-0.4, -0.2) is 23.8 Å². The van der Waals surface area contributed by atoms with Crippen molar-refractivity contribution in [3.8, 4) is 0 Å². The molecule has 0 saturated heterocycles. The van der Waals surface area contributed by atoms with Gasteiger partial charge in [0.05, 0.1) is 0 Å². The summed E-state index contributed by atoms with van der Waals surface area (Å²) in [6.07, 6.45) is 1.61. The lowest BCUT2D eigenvalue weighted by Gasteiger charge is -2.19. The molecule has 0 radical (unpaired) electrons. The lowest BCUT2D eigenvalue weighted by molar-refractivity contribution is -0.114.